The second kappa shape index (κ2) is 7.12. The standard InChI is InChI=1S/C19H23N3/c1-2-3-14-22-15-16(18-6-4-5-7-19(18)22)8-13-21-17-9-11-20-12-10-17/h4-7,9-12,15H,2-3,8,13-14H2,1H3,(H,20,21). The van der Waals surface area contributed by atoms with Crippen LogP contribution >= 0.6 is 0 Å². The Kier molecular flexibility index (Phi) is 4.74. The van der Waals surface area contributed by atoms with Crippen molar-refractivity contribution in [3.8, 4) is 0 Å². The molecule has 0 fully saturated rings. The zero-order chi connectivity index (χ0) is 15.2. The summed E-state index contributed by atoms with van der Waals surface area (Å²) in [4.78, 5) is 4.04. The third-order valence-electron chi connectivity index (χ3n) is 4.03. The molecular formula is C19H23N3. The van der Waals surface area contributed by atoms with Crippen molar-refractivity contribution >= 4 is 16.6 Å². The van der Waals surface area contributed by atoms with Crippen LogP contribution in [0.5, 0.6) is 0 Å². The van der Waals surface area contributed by atoms with E-state index < -0.39 is 0 Å². The first-order chi connectivity index (χ1) is 10.9. The molecule has 0 saturated heterocycles. The summed E-state index contributed by atoms with van der Waals surface area (Å²) in [6.45, 7) is 4.28. The van der Waals surface area contributed by atoms with E-state index in [0.29, 0.717) is 0 Å². The van der Waals surface area contributed by atoms with Crippen LogP contribution in [-0.4, -0.2) is 16.1 Å². The number of aromatic nitrogens is 2. The Morgan fingerprint density at radius 1 is 1.09 bits per heavy atom. The van der Waals surface area contributed by atoms with Crippen molar-refractivity contribution in [2.24, 2.45) is 0 Å². The molecule has 0 radical (unpaired) electrons. The number of benzene rings is 1. The number of fused-ring (bicyclic) bond motifs is 1. The minimum absolute atomic E-state index is 0.936. The van der Waals surface area contributed by atoms with Gasteiger partial charge < -0.3 is 9.88 Å². The van der Waals surface area contributed by atoms with Crippen LogP contribution in [0.4, 0.5) is 5.69 Å². The van der Waals surface area contributed by atoms with Gasteiger partial charge in [-0.3, -0.25) is 4.98 Å². The van der Waals surface area contributed by atoms with Gasteiger partial charge in [-0.15, -0.1) is 0 Å². The quantitative estimate of drug-likeness (QED) is 0.695. The molecule has 0 spiro atoms. The second-order valence-corrected chi connectivity index (χ2v) is 5.63. The summed E-state index contributed by atoms with van der Waals surface area (Å²) in [5, 5.41) is 4.85. The molecule has 22 heavy (non-hydrogen) atoms. The van der Waals surface area contributed by atoms with Crippen LogP contribution in [0.15, 0.2) is 55.0 Å². The maximum absolute atomic E-state index is 4.04. The maximum Gasteiger partial charge on any atom is 0.0483 e. The number of anilines is 1. The molecule has 0 aliphatic rings. The van der Waals surface area contributed by atoms with Crippen molar-refractivity contribution in [2.45, 2.75) is 32.7 Å². The maximum atomic E-state index is 4.04. The Morgan fingerprint density at radius 3 is 2.73 bits per heavy atom. The molecule has 0 aliphatic heterocycles. The molecule has 0 amide bonds. The zero-order valence-electron chi connectivity index (χ0n) is 13.1. The summed E-state index contributed by atoms with van der Waals surface area (Å²) in [6, 6.07) is 12.7. The summed E-state index contributed by atoms with van der Waals surface area (Å²) in [7, 11) is 0. The molecule has 114 valence electrons. The lowest BCUT2D eigenvalue weighted by Crippen LogP contribution is -2.04. The minimum atomic E-state index is 0.936. The first kappa shape index (κ1) is 14.6. The molecule has 1 aromatic carbocycles. The molecule has 0 saturated carbocycles. The van der Waals surface area contributed by atoms with Gasteiger partial charge in [0.05, 0.1) is 0 Å². The van der Waals surface area contributed by atoms with E-state index in [2.05, 4.69) is 52.3 Å². The van der Waals surface area contributed by atoms with Gasteiger partial charge >= 0.3 is 0 Å². The van der Waals surface area contributed by atoms with Crippen LogP contribution in [0.2, 0.25) is 0 Å². The van der Waals surface area contributed by atoms with Gasteiger partial charge in [0.25, 0.3) is 0 Å². The van der Waals surface area contributed by atoms with Crippen LogP contribution in [-0.2, 0) is 13.0 Å². The van der Waals surface area contributed by atoms with Gasteiger partial charge in [-0.25, -0.2) is 0 Å². The molecule has 2 heterocycles. The third kappa shape index (κ3) is 3.30. The fourth-order valence-corrected chi connectivity index (χ4v) is 2.85. The Labute approximate surface area is 132 Å². The topological polar surface area (TPSA) is 29.9 Å². The largest absolute Gasteiger partial charge is 0.385 e. The van der Waals surface area contributed by atoms with Crippen LogP contribution in [0.1, 0.15) is 25.3 Å². The van der Waals surface area contributed by atoms with Crippen LogP contribution in [0.25, 0.3) is 10.9 Å². The molecule has 3 heteroatoms. The highest BCUT2D eigenvalue weighted by atomic mass is 15.0. The number of nitrogens with zero attached hydrogens (tertiary/aromatic N) is 2. The molecule has 3 aromatic rings. The van der Waals surface area contributed by atoms with Crippen molar-refractivity contribution in [1.82, 2.24) is 9.55 Å². The predicted molar refractivity (Wildman–Crippen MR) is 93.3 cm³/mol. The molecule has 3 nitrogen and oxygen atoms in total. The highest BCUT2D eigenvalue weighted by molar-refractivity contribution is 5.84. The van der Waals surface area contributed by atoms with E-state index in [1.54, 1.807) is 0 Å². The smallest absolute Gasteiger partial charge is 0.0483 e. The number of unbranched alkanes of at least 4 members (excludes halogenated alkanes) is 1. The fraction of sp³-hybridized carbons (Fsp3) is 0.316. The van der Waals surface area contributed by atoms with E-state index >= 15 is 0 Å². The van der Waals surface area contributed by atoms with E-state index in [9.17, 15) is 0 Å². The van der Waals surface area contributed by atoms with Crippen molar-refractivity contribution in [2.75, 3.05) is 11.9 Å². The Balaban J connectivity index is 1.73. The lowest BCUT2D eigenvalue weighted by molar-refractivity contribution is 0.648. The number of hydrogen-bond donors (Lipinski definition) is 1. The molecule has 0 aliphatic carbocycles. The van der Waals surface area contributed by atoms with E-state index in [1.807, 2.05) is 24.5 Å². The summed E-state index contributed by atoms with van der Waals surface area (Å²) >= 11 is 0. The Bertz CT molecular complexity index is 716. The van der Waals surface area contributed by atoms with E-state index in [-0.39, 0.29) is 0 Å². The normalized spacial score (nSPS) is 11.0. The second-order valence-electron chi connectivity index (χ2n) is 5.63. The first-order valence-electron chi connectivity index (χ1n) is 8.09. The number of para-hydroxylation sites is 1. The third-order valence-corrected chi connectivity index (χ3v) is 4.03. The van der Waals surface area contributed by atoms with Crippen molar-refractivity contribution in [3.63, 3.8) is 0 Å². The fourth-order valence-electron chi connectivity index (χ4n) is 2.85. The SMILES string of the molecule is CCCCn1cc(CCNc2ccncc2)c2ccccc21. The highest BCUT2D eigenvalue weighted by Crippen LogP contribution is 2.22. The number of pyridine rings is 1. The summed E-state index contributed by atoms with van der Waals surface area (Å²) in [6.07, 6.45) is 9.45. The molecule has 0 bridgehead atoms. The number of nitrogens with one attached hydrogen (secondary N) is 1. The summed E-state index contributed by atoms with van der Waals surface area (Å²) in [5.41, 5.74) is 3.91. The molecule has 0 unspecified atom stereocenters. The Hall–Kier alpha value is -2.29. The minimum Gasteiger partial charge on any atom is -0.385 e. The van der Waals surface area contributed by atoms with Gasteiger partial charge in [-0.05, 0) is 36.6 Å². The molecule has 3 rings (SSSR count). The number of aryl methyl sites for hydroxylation is 1. The van der Waals surface area contributed by atoms with E-state index in [1.165, 1.54) is 29.3 Å². The van der Waals surface area contributed by atoms with E-state index in [4.69, 9.17) is 0 Å². The van der Waals surface area contributed by atoms with E-state index in [0.717, 1.165) is 25.2 Å². The predicted octanol–water partition coefficient (Wildman–Crippen LogP) is 4.49. The van der Waals surface area contributed by atoms with Gasteiger partial charge in [0.2, 0.25) is 0 Å². The Morgan fingerprint density at radius 2 is 1.91 bits per heavy atom. The van der Waals surface area contributed by atoms with Crippen molar-refractivity contribution in [3.05, 3.63) is 60.6 Å². The molecule has 2 aromatic heterocycles. The monoisotopic (exact) mass is 293 g/mol. The first-order valence-corrected chi connectivity index (χ1v) is 8.09. The van der Waals surface area contributed by atoms with Crippen LogP contribution < -0.4 is 5.32 Å². The van der Waals surface area contributed by atoms with Crippen molar-refractivity contribution < 1.29 is 0 Å². The lowest BCUT2D eigenvalue weighted by Gasteiger charge is -2.05. The van der Waals surface area contributed by atoms with Gasteiger partial charge in [0.15, 0.2) is 0 Å². The number of rotatable bonds is 7. The molecule has 1 N–H and O–H groups in total. The van der Waals surface area contributed by atoms with Gasteiger partial charge in [-0.1, -0.05) is 31.5 Å². The van der Waals surface area contributed by atoms with Gasteiger partial charge in [0.1, 0.15) is 0 Å². The van der Waals surface area contributed by atoms with Crippen molar-refractivity contribution in [1.29, 1.82) is 0 Å². The molecular weight excluding hydrogens is 270 g/mol. The van der Waals surface area contributed by atoms with Crippen LogP contribution in [0, 0.1) is 0 Å². The highest BCUT2D eigenvalue weighted by Gasteiger charge is 2.07. The summed E-state index contributed by atoms with van der Waals surface area (Å²) in [5.74, 6) is 0. The molecule has 0 atom stereocenters. The zero-order valence-corrected chi connectivity index (χ0v) is 13.1. The lowest BCUT2D eigenvalue weighted by atomic mass is 10.1. The average molecular weight is 293 g/mol. The van der Waals surface area contributed by atoms with Gasteiger partial charge in [-0.2, -0.15) is 0 Å². The summed E-state index contributed by atoms with van der Waals surface area (Å²) < 4.78 is 2.40. The van der Waals surface area contributed by atoms with Crippen LogP contribution in [0.3, 0.4) is 0 Å². The average Bonchev–Trinajstić information content (AvgIpc) is 2.92. The number of hydrogen-bond acceptors (Lipinski definition) is 2. The van der Waals surface area contributed by atoms with Gasteiger partial charge in [0, 0.05) is 48.3 Å².